The third-order valence-electron chi connectivity index (χ3n) is 5.11. The molecule has 1 N–H and O–H groups in total. The maximum atomic E-state index is 13.1. The molecule has 2 amide bonds. The summed E-state index contributed by atoms with van der Waals surface area (Å²) in [5, 5.41) is 3.03. The summed E-state index contributed by atoms with van der Waals surface area (Å²) in [5.74, 6) is 2.16. The number of nitrogens with one attached hydrogen (secondary N) is 1. The van der Waals surface area contributed by atoms with Crippen molar-refractivity contribution in [3.63, 3.8) is 0 Å². The molecule has 29 heavy (non-hydrogen) atoms. The van der Waals surface area contributed by atoms with Gasteiger partial charge in [0.15, 0.2) is 5.75 Å². The van der Waals surface area contributed by atoms with Crippen molar-refractivity contribution >= 4 is 11.7 Å². The van der Waals surface area contributed by atoms with Crippen molar-refractivity contribution in [3.8, 4) is 17.2 Å². The van der Waals surface area contributed by atoms with Crippen molar-refractivity contribution in [1.82, 2.24) is 4.90 Å². The van der Waals surface area contributed by atoms with Crippen LogP contribution in [0.5, 0.6) is 17.2 Å². The Hall–Kier alpha value is -3.47. The summed E-state index contributed by atoms with van der Waals surface area (Å²) in [6, 6.07) is 24.9. The van der Waals surface area contributed by atoms with E-state index >= 15 is 0 Å². The first-order valence-corrected chi connectivity index (χ1v) is 9.78. The molecule has 0 bridgehead atoms. The minimum Gasteiger partial charge on any atom is -0.497 e. The van der Waals surface area contributed by atoms with E-state index in [-0.39, 0.29) is 12.1 Å². The average Bonchev–Trinajstić information content (AvgIpc) is 3.26. The maximum Gasteiger partial charge on any atom is 0.322 e. The van der Waals surface area contributed by atoms with E-state index in [4.69, 9.17) is 9.47 Å². The smallest absolute Gasteiger partial charge is 0.322 e. The van der Waals surface area contributed by atoms with Crippen molar-refractivity contribution < 1.29 is 14.3 Å². The van der Waals surface area contributed by atoms with Crippen LogP contribution in [0.3, 0.4) is 0 Å². The summed E-state index contributed by atoms with van der Waals surface area (Å²) >= 11 is 0. The number of carbonyl (C=O) groups excluding carboxylic acids is 1. The van der Waals surface area contributed by atoms with Crippen LogP contribution in [0.25, 0.3) is 0 Å². The number of carbonyl (C=O) groups is 1. The summed E-state index contributed by atoms with van der Waals surface area (Å²) in [5.41, 5.74) is 1.77. The first-order chi connectivity index (χ1) is 14.2. The van der Waals surface area contributed by atoms with Crippen molar-refractivity contribution in [2.24, 2.45) is 0 Å². The number of nitrogens with zero attached hydrogens (tertiary/aromatic N) is 1. The zero-order chi connectivity index (χ0) is 20.1. The molecule has 1 aliphatic heterocycles. The molecular formula is C24H24N2O3. The lowest BCUT2D eigenvalue weighted by molar-refractivity contribution is 0.207. The number of hydrogen-bond acceptors (Lipinski definition) is 3. The second-order valence-corrected chi connectivity index (χ2v) is 6.97. The van der Waals surface area contributed by atoms with Crippen LogP contribution >= 0.6 is 0 Å². The van der Waals surface area contributed by atoms with Crippen LogP contribution in [0.1, 0.15) is 24.4 Å². The maximum absolute atomic E-state index is 13.1. The molecule has 1 fully saturated rings. The van der Waals surface area contributed by atoms with Crippen LogP contribution in [0.4, 0.5) is 10.5 Å². The largest absolute Gasteiger partial charge is 0.497 e. The number of urea groups is 1. The van der Waals surface area contributed by atoms with E-state index in [9.17, 15) is 4.79 Å². The van der Waals surface area contributed by atoms with Gasteiger partial charge in [-0.2, -0.15) is 0 Å². The second kappa shape index (κ2) is 8.69. The number of benzene rings is 3. The SMILES string of the molecule is COc1ccc(C2CCCN2C(=O)Nc2ccccc2Oc2ccccc2)cc1. The minimum atomic E-state index is -0.118. The number of likely N-dealkylation sites (tertiary alicyclic amines) is 1. The van der Waals surface area contributed by atoms with E-state index in [1.54, 1.807) is 7.11 Å². The Morgan fingerprint density at radius 1 is 0.931 bits per heavy atom. The van der Waals surface area contributed by atoms with Crippen molar-refractivity contribution in [2.75, 3.05) is 19.0 Å². The average molecular weight is 388 g/mol. The highest BCUT2D eigenvalue weighted by Crippen LogP contribution is 2.35. The summed E-state index contributed by atoms with van der Waals surface area (Å²) in [6.45, 7) is 0.726. The van der Waals surface area contributed by atoms with Crippen LogP contribution in [0.2, 0.25) is 0 Å². The Balaban J connectivity index is 1.50. The van der Waals surface area contributed by atoms with E-state index in [2.05, 4.69) is 5.32 Å². The van der Waals surface area contributed by atoms with Gasteiger partial charge in [0.1, 0.15) is 11.5 Å². The topological polar surface area (TPSA) is 50.8 Å². The number of anilines is 1. The first kappa shape index (κ1) is 18.9. The number of rotatable bonds is 5. The molecule has 1 atom stereocenters. The molecule has 4 rings (SSSR count). The van der Waals surface area contributed by atoms with Gasteiger partial charge in [-0.15, -0.1) is 0 Å². The third kappa shape index (κ3) is 4.35. The number of ether oxygens (including phenoxy) is 2. The Labute approximate surface area is 170 Å². The quantitative estimate of drug-likeness (QED) is 0.596. The Bertz CT molecular complexity index is 957. The van der Waals surface area contributed by atoms with Gasteiger partial charge in [0.2, 0.25) is 0 Å². The summed E-state index contributed by atoms with van der Waals surface area (Å²) in [4.78, 5) is 15.0. The molecule has 1 aliphatic rings. The van der Waals surface area contributed by atoms with Crippen molar-refractivity contribution in [1.29, 1.82) is 0 Å². The van der Waals surface area contributed by atoms with E-state index in [0.717, 1.165) is 36.4 Å². The fourth-order valence-corrected chi connectivity index (χ4v) is 3.64. The highest BCUT2D eigenvalue weighted by Gasteiger charge is 2.30. The normalized spacial score (nSPS) is 15.8. The lowest BCUT2D eigenvalue weighted by atomic mass is 10.0. The minimum absolute atomic E-state index is 0.0584. The number of methoxy groups -OCH3 is 1. The van der Waals surface area contributed by atoms with Crippen molar-refractivity contribution in [2.45, 2.75) is 18.9 Å². The molecule has 5 heteroatoms. The summed E-state index contributed by atoms with van der Waals surface area (Å²) < 4.78 is 11.2. The number of hydrogen-bond donors (Lipinski definition) is 1. The first-order valence-electron chi connectivity index (χ1n) is 9.78. The van der Waals surface area contributed by atoms with Crippen molar-refractivity contribution in [3.05, 3.63) is 84.4 Å². The molecule has 0 saturated carbocycles. The fraction of sp³-hybridized carbons (Fsp3) is 0.208. The van der Waals surface area contributed by atoms with Gasteiger partial charge < -0.3 is 19.7 Å². The molecule has 3 aromatic carbocycles. The van der Waals surface area contributed by atoms with Gasteiger partial charge in [-0.05, 0) is 54.8 Å². The van der Waals surface area contributed by atoms with Crippen LogP contribution in [-0.4, -0.2) is 24.6 Å². The van der Waals surface area contributed by atoms with Crippen LogP contribution < -0.4 is 14.8 Å². The second-order valence-electron chi connectivity index (χ2n) is 6.97. The van der Waals surface area contributed by atoms with E-state index < -0.39 is 0 Å². The van der Waals surface area contributed by atoms with Gasteiger partial charge in [-0.25, -0.2) is 4.79 Å². The zero-order valence-electron chi connectivity index (χ0n) is 16.4. The Kier molecular flexibility index (Phi) is 5.66. The van der Waals surface area contributed by atoms with Gasteiger partial charge in [0.05, 0.1) is 18.8 Å². The molecular weight excluding hydrogens is 364 g/mol. The van der Waals surface area contributed by atoms with Gasteiger partial charge in [0, 0.05) is 6.54 Å². The highest BCUT2D eigenvalue weighted by atomic mass is 16.5. The molecule has 1 saturated heterocycles. The number of amides is 2. The molecule has 1 unspecified atom stereocenters. The van der Waals surface area contributed by atoms with Gasteiger partial charge >= 0.3 is 6.03 Å². The van der Waals surface area contributed by atoms with E-state index in [0.29, 0.717) is 11.4 Å². The molecule has 0 aliphatic carbocycles. The third-order valence-corrected chi connectivity index (χ3v) is 5.11. The molecule has 0 spiro atoms. The Morgan fingerprint density at radius 3 is 2.41 bits per heavy atom. The fourth-order valence-electron chi connectivity index (χ4n) is 3.64. The molecule has 5 nitrogen and oxygen atoms in total. The van der Waals surface area contributed by atoms with Gasteiger partial charge in [0.25, 0.3) is 0 Å². The molecule has 148 valence electrons. The predicted octanol–water partition coefficient (Wildman–Crippen LogP) is 5.86. The predicted molar refractivity (Wildman–Crippen MR) is 114 cm³/mol. The molecule has 1 heterocycles. The lowest BCUT2D eigenvalue weighted by Gasteiger charge is -2.26. The van der Waals surface area contributed by atoms with E-state index in [1.807, 2.05) is 83.8 Å². The van der Waals surface area contributed by atoms with Crippen LogP contribution in [-0.2, 0) is 0 Å². The molecule has 3 aromatic rings. The van der Waals surface area contributed by atoms with Crippen LogP contribution in [0, 0.1) is 0 Å². The summed E-state index contributed by atoms with van der Waals surface area (Å²) in [6.07, 6.45) is 1.92. The van der Waals surface area contributed by atoms with Gasteiger partial charge in [-0.3, -0.25) is 0 Å². The molecule has 0 aromatic heterocycles. The summed E-state index contributed by atoms with van der Waals surface area (Å²) in [7, 11) is 1.65. The molecule has 0 radical (unpaired) electrons. The lowest BCUT2D eigenvalue weighted by Crippen LogP contribution is -2.34. The number of para-hydroxylation sites is 3. The zero-order valence-corrected chi connectivity index (χ0v) is 16.4. The highest BCUT2D eigenvalue weighted by molar-refractivity contribution is 5.91. The Morgan fingerprint density at radius 2 is 1.66 bits per heavy atom. The monoisotopic (exact) mass is 388 g/mol. The van der Waals surface area contributed by atoms with E-state index in [1.165, 1.54) is 0 Å². The standard InChI is InChI=1S/C24H24N2O3/c1-28-19-15-13-18(14-16-19)22-11-7-17-26(22)24(27)25-21-10-5-6-12-23(21)29-20-8-3-2-4-9-20/h2-6,8-10,12-16,22H,7,11,17H2,1H3,(H,25,27). The van der Waals surface area contributed by atoms with Gasteiger partial charge in [-0.1, -0.05) is 42.5 Å². The van der Waals surface area contributed by atoms with Crippen LogP contribution in [0.15, 0.2) is 78.9 Å².